The van der Waals surface area contributed by atoms with Gasteiger partial charge in [0.05, 0.1) is 19.8 Å². The normalized spacial score (nSPS) is 10.1. The maximum absolute atomic E-state index is 11.6. The Labute approximate surface area is 102 Å². The molecule has 0 aromatic carbocycles. The maximum atomic E-state index is 11.6. The van der Waals surface area contributed by atoms with Gasteiger partial charge < -0.3 is 15.2 Å². The number of nitrogens with one attached hydrogen (secondary N) is 1. The quantitative estimate of drug-likeness (QED) is 0.593. The lowest BCUT2D eigenvalue weighted by atomic mass is 10.2. The highest BCUT2D eigenvalue weighted by Gasteiger charge is 2.04. The smallest absolute Gasteiger partial charge is 0.251 e. The van der Waals surface area contributed by atoms with E-state index >= 15 is 0 Å². The second-order valence-electron chi connectivity index (χ2n) is 2.96. The zero-order valence-corrected chi connectivity index (χ0v) is 10.2. The molecule has 1 aromatic rings. The van der Waals surface area contributed by atoms with Crippen molar-refractivity contribution in [1.29, 1.82) is 0 Å². The van der Waals surface area contributed by atoms with Crippen molar-refractivity contribution in [2.45, 2.75) is 0 Å². The van der Waals surface area contributed by atoms with Crippen LogP contribution in [0.2, 0.25) is 0 Å². The van der Waals surface area contributed by atoms with Crippen molar-refractivity contribution < 1.29 is 14.6 Å². The van der Waals surface area contributed by atoms with E-state index in [0.717, 1.165) is 0 Å². The van der Waals surface area contributed by atoms with E-state index in [1.165, 1.54) is 0 Å². The fourth-order valence-electron chi connectivity index (χ4n) is 1.05. The monoisotopic (exact) mass is 288 g/mol. The summed E-state index contributed by atoms with van der Waals surface area (Å²) < 4.78 is 5.63. The van der Waals surface area contributed by atoms with E-state index in [1.54, 1.807) is 18.3 Å². The van der Waals surface area contributed by atoms with Gasteiger partial charge in [-0.15, -0.1) is 0 Å². The summed E-state index contributed by atoms with van der Waals surface area (Å²) in [6.45, 7) is 1.08. The van der Waals surface area contributed by atoms with E-state index < -0.39 is 0 Å². The van der Waals surface area contributed by atoms with Crippen LogP contribution < -0.4 is 5.32 Å². The van der Waals surface area contributed by atoms with Gasteiger partial charge in [-0.1, -0.05) is 0 Å². The van der Waals surface area contributed by atoms with Crippen molar-refractivity contribution in [3.63, 3.8) is 0 Å². The minimum Gasteiger partial charge on any atom is -0.394 e. The van der Waals surface area contributed by atoms with Crippen LogP contribution in [0.4, 0.5) is 0 Å². The number of hydrogen-bond acceptors (Lipinski definition) is 4. The summed E-state index contributed by atoms with van der Waals surface area (Å²) in [6, 6.07) is 3.28. The van der Waals surface area contributed by atoms with Crippen molar-refractivity contribution >= 4 is 21.8 Å². The largest absolute Gasteiger partial charge is 0.394 e. The lowest BCUT2D eigenvalue weighted by molar-refractivity contribution is 0.0838. The highest BCUT2D eigenvalue weighted by molar-refractivity contribution is 9.10. The lowest BCUT2D eigenvalue weighted by Crippen LogP contribution is -2.27. The SMILES string of the molecule is O=C(NCCOCCO)c1ccnc(Br)c1. The number of carbonyl (C=O) groups is 1. The molecule has 1 amide bonds. The molecule has 0 spiro atoms. The number of carbonyl (C=O) groups excluding carboxylic acids is 1. The van der Waals surface area contributed by atoms with Gasteiger partial charge in [-0.3, -0.25) is 4.79 Å². The molecule has 0 aliphatic carbocycles. The second kappa shape index (κ2) is 7.32. The van der Waals surface area contributed by atoms with Crippen LogP contribution in [0.25, 0.3) is 0 Å². The number of pyridine rings is 1. The number of aromatic nitrogens is 1. The molecule has 0 saturated carbocycles. The number of nitrogens with zero attached hydrogens (tertiary/aromatic N) is 1. The van der Waals surface area contributed by atoms with Gasteiger partial charge in [-0.05, 0) is 28.1 Å². The molecule has 0 atom stereocenters. The van der Waals surface area contributed by atoms with Crippen molar-refractivity contribution in [3.8, 4) is 0 Å². The number of aliphatic hydroxyl groups is 1. The minimum absolute atomic E-state index is 0.00868. The van der Waals surface area contributed by atoms with E-state index in [9.17, 15) is 4.79 Å². The van der Waals surface area contributed by atoms with Gasteiger partial charge in [0.2, 0.25) is 0 Å². The van der Waals surface area contributed by atoms with E-state index in [1.807, 2.05) is 0 Å². The molecule has 2 N–H and O–H groups in total. The highest BCUT2D eigenvalue weighted by Crippen LogP contribution is 2.07. The Balaban J connectivity index is 2.30. The first kappa shape index (κ1) is 13.1. The Morgan fingerprint density at radius 1 is 1.56 bits per heavy atom. The van der Waals surface area contributed by atoms with Crippen molar-refractivity contribution in [2.24, 2.45) is 0 Å². The summed E-state index contributed by atoms with van der Waals surface area (Å²) in [7, 11) is 0. The molecular formula is C10H13BrN2O3. The highest BCUT2D eigenvalue weighted by atomic mass is 79.9. The molecule has 1 heterocycles. The molecule has 0 aliphatic heterocycles. The van der Waals surface area contributed by atoms with Crippen LogP contribution in [-0.4, -0.2) is 42.4 Å². The molecule has 5 nitrogen and oxygen atoms in total. The van der Waals surface area contributed by atoms with Crippen molar-refractivity contribution in [3.05, 3.63) is 28.5 Å². The summed E-state index contributed by atoms with van der Waals surface area (Å²) in [5.41, 5.74) is 0.545. The van der Waals surface area contributed by atoms with Gasteiger partial charge >= 0.3 is 0 Å². The molecule has 0 fully saturated rings. The van der Waals surface area contributed by atoms with E-state index in [0.29, 0.717) is 23.3 Å². The Morgan fingerprint density at radius 3 is 3.06 bits per heavy atom. The first-order valence-electron chi connectivity index (χ1n) is 4.82. The second-order valence-corrected chi connectivity index (χ2v) is 3.77. The fraction of sp³-hybridized carbons (Fsp3) is 0.400. The summed E-state index contributed by atoms with van der Waals surface area (Å²) in [4.78, 5) is 15.5. The third-order valence-corrected chi connectivity index (χ3v) is 2.19. The first-order valence-corrected chi connectivity index (χ1v) is 5.61. The number of ether oxygens (including phenoxy) is 1. The van der Waals surface area contributed by atoms with Gasteiger partial charge in [0.25, 0.3) is 5.91 Å². The summed E-state index contributed by atoms with van der Waals surface area (Å²) in [5, 5.41) is 11.1. The van der Waals surface area contributed by atoms with E-state index in [4.69, 9.17) is 9.84 Å². The summed E-state index contributed by atoms with van der Waals surface area (Å²) >= 11 is 3.19. The number of amides is 1. The molecule has 16 heavy (non-hydrogen) atoms. The molecular weight excluding hydrogens is 276 g/mol. The Kier molecular flexibility index (Phi) is 5.99. The zero-order valence-electron chi connectivity index (χ0n) is 8.65. The summed E-state index contributed by atoms with van der Waals surface area (Å²) in [6.07, 6.45) is 1.56. The number of rotatable bonds is 6. The summed E-state index contributed by atoms with van der Waals surface area (Å²) in [5.74, 6) is -0.171. The van der Waals surface area contributed by atoms with Crippen LogP contribution in [0.15, 0.2) is 22.9 Å². The van der Waals surface area contributed by atoms with E-state index in [2.05, 4.69) is 26.2 Å². The van der Waals surface area contributed by atoms with Gasteiger partial charge in [-0.25, -0.2) is 4.98 Å². The Morgan fingerprint density at radius 2 is 2.38 bits per heavy atom. The van der Waals surface area contributed by atoms with Gasteiger partial charge in [0, 0.05) is 18.3 Å². The first-order chi connectivity index (χ1) is 7.74. The van der Waals surface area contributed by atoms with Crippen LogP contribution in [0.5, 0.6) is 0 Å². The molecule has 6 heteroatoms. The average molecular weight is 289 g/mol. The number of halogens is 1. The molecule has 0 radical (unpaired) electrons. The van der Waals surface area contributed by atoms with Crippen LogP contribution in [-0.2, 0) is 4.74 Å². The third-order valence-electron chi connectivity index (χ3n) is 1.76. The maximum Gasteiger partial charge on any atom is 0.251 e. The van der Waals surface area contributed by atoms with Gasteiger partial charge in [0.15, 0.2) is 0 Å². The zero-order chi connectivity index (χ0) is 11.8. The standard InChI is InChI=1S/C10H13BrN2O3/c11-9-7-8(1-2-12-9)10(15)13-3-5-16-6-4-14/h1-2,7,14H,3-6H2,(H,13,15). The predicted octanol–water partition coefficient (Wildman–Crippen LogP) is 0.583. The van der Waals surface area contributed by atoms with Crippen molar-refractivity contribution in [2.75, 3.05) is 26.4 Å². The van der Waals surface area contributed by atoms with E-state index in [-0.39, 0.29) is 19.1 Å². The average Bonchev–Trinajstić information content (AvgIpc) is 2.28. The van der Waals surface area contributed by atoms with Crippen LogP contribution in [0.3, 0.4) is 0 Å². The Bertz CT molecular complexity index is 347. The third kappa shape index (κ3) is 4.69. The predicted molar refractivity (Wildman–Crippen MR) is 62.2 cm³/mol. The van der Waals surface area contributed by atoms with Crippen molar-refractivity contribution in [1.82, 2.24) is 10.3 Å². The molecule has 1 aromatic heterocycles. The van der Waals surface area contributed by atoms with Gasteiger partial charge in [-0.2, -0.15) is 0 Å². The number of aliphatic hydroxyl groups excluding tert-OH is 1. The van der Waals surface area contributed by atoms with Gasteiger partial charge in [0.1, 0.15) is 4.60 Å². The molecule has 0 bridgehead atoms. The number of hydrogen-bond donors (Lipinski definition) is 2. The molecule has 0 aliphatic rings. The fourth-order valence-corrected chi connectivity index (χ4v) is 1.41. The molecule has 0 unspecified atom stereocenters. The molecule has 1 rings (SSSR count). The van der Waals surface area contributed by atoms with Crippen LogP contribution in [0, 0.1) is 0 Å². The lowest BCUT2D eigenvalue weighted by Gasteiger charge is -2.05. The topological polar surface area (TPSA) is 71.5 Å². The van der Waals surface area contributed by atoms with Crippen LogP contribution >= 0.6 is 15.9 Å². The minimum atomic E-state index is -0.171. The Hall–Kier alpha value is -0.980. The molecule has 0 saturated heterocycles. The molecule has 88 valence electrons. The van der Waals surface area contributed by atoms with Crippen LogP contribution in [0.1, 0.15) is 10.4 Å².